The standard InChI is InChI=1S/C24H29N.V/c1-7-9-18(5)22-13-14-25-16-24(22)20-11-12-21(17(3)4)23(15-20)19(6)10-8-2;/h5,7,9,11-17,19H,1,8,10H2,2-4,6H3;/b18-9+;. The Morgan fingerprint density at radius 2 is 1.96 bits per heavy atom. The summed E-state index contributed by atoms with van der Waals surface area (Å²) < 4.78 is 2.07. The molecule has 0 saturated carbocycles. The second-order valence-corrected chi connectivity index (χ2v) is 7.50. The summed E-state index contributed by atoms with van der Waals surface area (Å²) in [6, 6.07) is 9.02. The zero-order valence-corrected chi connectivity index (χ0v) is 17.8. The van der Waals surface area contributed by atoms with Gasteiger partial charge < -0.3 is 0 Å². The van der Waals surface area contributed by atoms with E-state index in [1.54, 1.807) is 0 Å². The minimum atomic E-state index is 0.532. The Bertz CT molecular complexity index is 802. The minimum absolute atomic E-state index is 0.532. The zero-order chi connectivity index (χ0) is 19.1. The molecule has 0 amide bonds. The van der Waals surface area contributed by atoms with Crippen molar-refractivity contribution in [2.45, 2.75) is 52.4 Å². The van der Waals surface area contributed by atoms with Crippen LogP contribution in [0.4, 0.5) is 0 Å². The van der Waals surface area contributed by atoms with Crippen molar-refractivity contribution in [3.8, 4) is 11.1 Å². The van der Waals surface area contributed by atoms with Gasteiger partial charge in [-0.1, -0.05) is 0 Å². The normalized spacial score (nSPS) is 12.8. The Morgan fingerprint density at radius 1 is 1.19 bits per heavy atom. The molecule has 135 valence electrons. The second kappa shape index (κ2) is 9.85. The molecule has 1 atom stereocenters. The first-order valence-corrected chi connectivity index (χ1v) is 10.2. The van der Waals surface area contributed by atoms with Crippen molar-refractivity contribution >= 4 is 10.3 Å². The molecule has 1 heterocycles. The summed E-state index contributed by atoms with van der Waals surface area (Å²) in [7, 11) is 0. The molecule has 2 aromatic rings. The first kappa shape index (κ1) is 20.6. The van der Waals surface area contributed by atoms with Gasteiger partial charge in [-0.2, -0.15) is 0 Å². The summed E-state index contributed by atoms with van der Waals surface area (Å²) in [5.41, 5.74) is 7.67. The first-order chi connectivity index (χ1) is 12.5. The number of hydrogen-bond donors (Lipinski definition) is 0. The summed E-state index contributed by atoms with van der Waals surface area (Å²) >= 11 is 2.54. The van der Waals surface area contributed by atoms with E-state index in [9.17, 15) is 0 Å². The molecule has 0 N–H and O–H groups in total. The predicted molar refractivity (Wildman–Crippen MR) is 111 cm³/mol. The van der Waals surface area contributed by atoms with Crippen molar-refractivity contribution in [3.05, 3.63) is 72.1 Å². The fourth-order valence-corrected chi connectivity index (χ4v) is 3.84. The number of rotatable bonds is 8. The number of allylic oxidation sites excluding steroid dienone is 3. The summed E-state index contributed by atoms with van der Waals surface area (Å²) in [5, 5.41) is 0. The second-order valence-electron chi connectivity index (χ2n) is 7.10. The van der Waals surface area contributed by atoms with E-state index in [1.165, 1.54) is 40.7 Å². The third-order valence-corrected chi connectivity index (χ3v) is 5.28. The van der Waals surface area contributed by atoms with Gasteiger partial charge in [0.25, 0.3) is 0 Å². The van der Waals surface area contributed by atoms with Crippen LogP contribution in [0.15, 0.2) is 55.4 Å². The Balaban J connectivity index is 2.63. The number of nitrogens with zero attached hydrogens (tertiary/aromatic N) is 1. The molecule has 0 spiro atoms. The van der Waals surface area contributed by atoms with E-state index in [0.717, 1.165) is 5.57 Å². The quantitative estimate of drug-likeness (QED) is 0.463. The maximum absolute atomic E-state index is 4.39. The summed E-state index contributed by atoms with van der Waals surface area (Å²) in [5.74, 6) is 1.10. The van der Waals surface area contributed by atoms with Gasteiger partial charge >= 0.3 is 168 Å². The Hall–Kier alpha value is -1.70. The molecule has 1 aromatic heterocycles. The molecule has 0 saturated heterocycles. The molecule has 1 nitrogen and oxygen atoms in total. The Labute approximate surface area is 167 Å². The van der Waals surface area contributed by atoms with Crippen LogP contribution >= 0.6 is 0 Å². The molecule has 0 aliphatic rings. The van der Waals surface area contributed by atoms with Gasteiger partial charge in [-0.05, 0) is 0 Å². The predicted octanol–water partition coefficient (Wildman–Crippen LogP) is 6.69. The summed E-state index contributed by atoms with van der Waals surface area (Å²) in [6.07, 6.45) is 10.1. The molecule has 0 aliphatic heterocycles. The molecule has 2 heteroatoms. The van der Waals surface area contributed by atoms with E-state index in [4.69, 9.17) is 0 Å². The monoisotopic (exact) mass is 382 g/mol. The van der Waals surface area contributed by atoms with Crippen molar-refractivity contribution in [1.29, 1.82) is 0 Å². The summed E-state index contributed by atoms with van der Waals surface area (Å²) in [4.78, 5) is 4.39. The fraction of sp³-hybridized carbons (Fsp3) is 0.333. The van der Waals surface area contributed by atoms with Crippen molar-refractivity contribution < 1.29 is 17.0 Å². The van der Waals surface area contributed by atoms with Crippen molar-refractivity contribution in [1.82, 2.24) is 4.98 Å². The molecule has 2 rings (SSSR count). The number of pyridine rings is 1. The topological polar surface area (TPSA) is 12.9 Å². The third kappa shape index (κ3) is 4.72. The average molecular weight is 382 g/mol. The number of hydrogen-bond acceptors (Lipinski definition) is 1. The maximum atomic E-state index is 4.39. The van der Waals surface area contributed by atoms with Gasteiger partial charge in [0.1, 0.15) is 0 Å². The molecule has 0 bridgehead atoms. The van der Waals surface area contributed by atoms with Crippen LogP contribution in [0.3, 0.4) is 0 Å². The zero-order valence-electron chi connectivity index (χ0n) is 16.4. The molecule has 0 radical (unpaired) electrons. The van der Waals surface area contributed by atoms with Crippen molar-refractivity contribution in [3.63, 3.8) is 0 Å². The average Bonchev–Trinajstić information content (AvgIpc) is 2.65. The molecule has 0 fully saturated rings. The van der Waals surface area contributed by atoms with Gasteiger partial charge in [0, 0.05) is 0 Å². The van der Waals surface area contributed by atoms with Crippen LogP contribution in [0.5, 0.6) is 0 Å². The van der Waals surface area contributed by atoms with Crippen LogP contribution in [0.25, 0.3) is 16.7 Å². The van der Waals surface area contributed by atoms with Gasteiger partial charge in [-0.3, -0.25) is 0 Å². The van der Waals surface area contributed by atoms with Gasteiger partial charge in [-0.15, -0.1) is 0 Å². The van der Waals surface area contributed by atoms with E-state index in [2.05, 4.69) is 85.2 Å². The number of aromatic nitrogens is 1. The van der Waals surface area contributed by atoms with E-state index >= 15 is 0 Å². The van der Waals surface area contributed by atoms with E-state index in [-0.39, 0.29) is 0 Å². The van der Waals surface area contributed by atoms with Crippen LogP contribution in [0, 0.1) is 0 Å². The molecular formula is C24H29NV. The van der Waals surface area contributed by atoms with E-state index in [0.29, 0.717) is 11.8 Å². The van der Waals surface area contributed by atoms with Crippen LogP contribution in [-0.4, -0.2) is 9.71 Å². The first-order valence-electron chi connectivity index (χ1n) is 9.42. The molecular weight excluding hydrogens is 353 g/mol. The van der Waals surface area contributed by atoms with Gasteiger partial charge in [0.2, 0.25) is 0 Å². The van der Waals surface area contributed by atoms with Gasteiger partial charge in [0.05, 0.1) is 0 Å². The molecule has 0 aliphatic carbocycles. The third-order valence-electron chi connectivity index (χ3n) is 4.84. The van der Waals surface area contributed by atoms with Gasteiger partial charge in [-0.25, -0.2) is 0 Å². The van der Waals surface area contributed by atoms with Crippen LogP contribution in [0.1, 0.15) is 69.1 Å². The fourth-order valence-electron chi connectivity index (χ4n) is 3.49. The van der Waals surface area contributed by atoms with Crippen molar-refractivity contribution in [2.24, 2.45) is 0 Å². The van der Waals surface area contributed by atoms with Crippen LogP contribution in [-0.2, 0) is 17.0 Å². The van der Waals surface area contributed by atoms with Crippen LogP contribution < -0.4 is 0 Å². The van der Waals surface area contributed by atoms with E-state index < -0.39 is 0 Å². The Kier molecular flexibility index (Phi) is 7.81. The van der Waals surface area contributed by atoms with Crippen molar-refractivity contribution in [2.75, 3.05) is 0 Å². The molecule has 1 aromatic carbocycles. The van der Waals surface area contributed by atoms with Gasteiger partial charge in [0.15, 0.2) is 0 Å². The Morgan fingerprint density at radius 3 is 2.58 bits per heavy atom. The molecule has 1 unspecified atom stereocenters. The van der Waals surface area contributed by atoms with Crippen LogP contribution in [0.2, 0.25) is 0 Å². The number of benzene rings is 1. The SMILES string of the molecule is C=C/C=C(\[CH]=[V])c1ccncc1-c1ccc(C(C)C)c(C(C)CCC)c1. The molecule has 26 heavy (non-hydrogen) atoms. The van der Waals surface area contributed by atoms with E-state index in [1.807, 2.05) is 24.5 Å². The summed E-state index contributed by atoms with van der Waals surface area (Å²) in [6.45, 7) is 13.0.